The second kappa shape index (κ2) is 5.11. The van der Waals surface area contributed by atoms with Crippen molar-refractivity contribution in [3.05, 3.63) is 5.82 Å². The largest absolute Gasteiger partial charge is 0.341 e. The summed E-state index contributed by atoms with van der Waals surface area (Å²) in [5.74, 6) is 3.37. The normalized spacial score (nSPS) is 22.6. The van der Waals surface area contributed by atoms with E-state index in [-0.39, 0.29) is 0 Å². The summed E-state index contributed by atoms with van der Waals surface area (Å²) in [4.78, 5) is 18.8. The lowest BCUT2D eigenvalue weighted by Crippen LogP contribution is -2.40. The molecule has 0 atom stereocenters. The van der Waals surface area contributed by atoms with E-state index in [1.54, 1.807) is 0 Å². The summed E-state index contributed by atoms with van der Waals surface area (Å²) in [5.41, 5.74) is 0. The van der Waals surface area contributed by atoms with Gasteiger partial charge in [0.25, 0.3) is 0 Å². The van der Waals surface area contributed by atoms with Crippen LogP contribution in [0.1, 0.15) is 63.1 Å². The second-order valence-corrected chi connectivity index (χ2v) is 6.96. The molecule has 3 aliphatic carbocycles. The number of anilines is 2. The smallest absolute Gasteiger partial charge is 0.230 e. The molecule has 1 aromatic rings. The molecule has 0 unspecified atom stereocenters. The van der Waals surface area contributed by atoms with E-state index in [9.17, 15) is 0 Å². The van der Waals surface area contributed by atoms with E-state index < -0.39 is 0 Å². The molecule has 1 aromatic heterocycles. The van der Waals surface area contributed by atoms with Crippen LogP contribution >= 0.6 is 0 Å². The van der Waals surface area contributed by atoms with E-state index >= 15 is 0 Å². The van der Waals surface area contributed by atoms with Crippen LogP contribution in [0.25, 0.3) is 0 Å². The Hall–Kier alpha value is -1.39. The van der Waals surface area contributed by atoms with Gasteiger partial charge in [-0.15, -0.1) is 0 Å². The zero-order valence-electron chi connectivity index (χ0n) is 13.1. The summed E-state index contributed by atoms with van der Waals surface area (Å²) >= 11 is 0. The Morgan fingerprint density at radius 2 is 1.19 bits per heavy atom. The SMILES string of the molecule is CN(c1nc(C2CC2)nc(N(C)C2CCC2)n1)C1CCC1. The topological polar surface area (TPSA) is 45.2 Å². The third kappa shape index (κ3) is 2.47. The van der Waals surface area contributed by atoms with Crippen molar-refractivity contribution < 1.29 is 0 Å². The molecule has 3 aliphatic rings. The van der Waals surface area contributed by atoms with Gasteiger partial charge in [-0.25, -0.2) is 0 Å². The summed E-state index contributed by atoms with van der Waals surface area (Å²) < 4.78 is 0. The molecule has 4 rings (SSSR count). The van der Waals surface area contributed by atoms with Crippen molar-refractivity contribution in [3.63, 3.8) is 0 Å². The average Bonchev–Trinajstić information content (AvgIpc) is 3.18. The monoisotopic (exact) mass is 287 g/mol. The highest BCUT2D eigenvalue weighted by Crippen LogP contribution is 2.39. The van der Waals surface area contributed by atoms with E-state index in [1.165, 1.54) is 51.4 Å². The third-order valence-electron chi connectivity index (χ3n) is 5.45. The van der Waals surface area contributed by atoms with Crippen LogP contribution in [0.2, 0.25) is 0 Å². The fourth-order valence-corrected chi connectivity index (χ4v) is 3.08. The quantitative estimate of drug-likeness (QED) is 0.833. The van der Waals surface area contributed by atoms with Crippen molar-refractivity contribution in [2.24, 2.45) is 0 Å². The van der Waals surface area contributed by atoms with Gasteiger partial charge < -0.3 is 9.80 Å². The minimum Gasteiger partial charge on any atom is -0.341 e. The Kier molecular flexibility index (Phi) is 3.23. The van der Waals surface area contributed by atoms with Gasteiger partial charge in [-0.1, -0.05) is 0 Å². The summed E-state index contributed by atoms with van der Waals surface area (Å²) in [6.07, 6.45) is 10.2. The van der Waals surface area contributed by atoms with Gasteiger partial charge in [-0.2, -0.15) is 15.0 Å². The molecule has 1 heterocycles. The maximum atomic E-state index is 4.78. The van der Waals surface area contributed by atoms with Gasteiger partial charge in [-0.3, -0.25) is 0 Å². The Morgan fingerprint density at radius 3 is 1.52 bits per heavy atom. The molecule has 0 aliphatic heterocycles. The van der Waals surface area contributed by atoms with Crippen LogP contribution in [0.15, 0.2) is 0 Å². The van der Waals surface area contributed by atoms with Crippen molar-refractivity contribution in [1.82, 2.24) is 15.0 Å². The molecule has 0 bridgehead atoms. The molecule has 0 radical (unpaired) electrons. The first-order valence-electron chi connectivity index (χ1n) is 8.44. The molecular formula is C16H25N5. The Balaban J connectivity index is 1.63. The Labute approximate surface area is 126 Å². The third-order valence-corrected chi connectivity index (χ3v) is 5.45. The maximum absolute atomic E-state index is 4.78. The summed E-state index contributed by atoms with van der Waals surface area (Å²) in [6, 6.07) is 1.25. The average molecular weight is 287 g/mol. The predicted molar refractivity (Wildman–Crippen MR) is 83.9 cm³/mol. The summed E-state index contributed by atoms with van der Waals surface area (Å²) in [5, 5.41) is 0. The Morgan fingerprint density at radius 1 is 0.714 bits per heavy atom. The molecule has 114 valence electrons. The highest BCUT2D eigenvalue weighted by molar-refractivity contribution is 5.41. The van der Waals surface area contributed by atoms with E-state index in [1.807, 2.05) is 0 Å². The van der Waals surface area contributed by atoms with Gasteiger partial charge in [0.2, 0.25) is 11.9 Å². The van der Waals surface area contributed by atoms with Gasteiger partial charge in [0.15, 0.2) is 0 Å². The van der Waals surface area contributed by atoms with Crippen LogP contribution in [0, 0.1) is 0 Å². The number of hydrogen-bond donors (Lipinski definition) is 0. The molecule has 21 heavy (non-hydrogen) atoms. The fraction of sp³-hybridized carbons (Fsp3) is 0.812. The summed E-state index contributed by atoms with van der Waals surface area (Å²) in [7, 11) is 4.28. The molecule has 0 spiro atoms. The van der Waals surface area contributed by atoms with Gasteiger partial charge in [0.05, 0.1) is 0 Å². The van der Waals surface area contributed by atoms with Gasteiger partial charge in [-0.05, 0) is 51.4 Å². The minimum atomic E-state index is 0.579. The molecule has 0 aromatic carbocycles. The first-order valence-corrected chi connectivity index (χ1v) is 8.44. The van der Waals surface area contributed by atoms with Gasteiger partial charge in [0.1, 0.15) is 5.82 Å². The number of hydrogen-bond acceptors (Lipinski definition) is 5. The Bertz CT molecular complexity index is 481. The van der Waals surface area contributed by atoms with Crippen molar-refractivity contribution >= 4 is 11.9 Å². The second-order valence-electron chi connectivity index (χ2n) is 6.96. The molecule has 0 N–H and O–H groups in total. The van der Waals surface area contributed by atoms with Gasteiger partial charge in [0, 0.05) is 32.1 Å². The number of nitrogens with zero attached hydrogens (tertiary/aromatic N) is 5. The standard InChI is InChI=1S/C16H25N5/c1-20(12-5-3-6-12)15-17-14(11-9-10-11)18-16(19-15)21(2)13-7-4-8-13/h11-13H,3-10H2,1-2H3. The molecular weight excluding hydrogens is 262 g/mol. The van der Waals surface area contributed by atoms with E-state index in [0.717, 1.165) is 17.7 Å². The van der Waals surface area contributed by atoms with Crippen molar-refractivity contribution in [2.45, 2.75) is 69.4 Å². The van der Waals surface area contributed by atoms with E-state index in [4.69, 9.17) is 15.0 Å². The molecule has 3 saturated carbocycles. The zero-order chi connectivity index (χ0) is 14.4. The van der Waals surface area contributed by atoms with Gasteiger partial charge >= 0.3 is 0 Å². The van der Waals surface area contributed by atoms with Crippen molar-refractivity contribution in [3.8, 4) is 0 Å². The first-order chi connectivity index (χ1) is 10.2. The zero-order valence-corrected chi connectivity index (χ0v) is 13.1. The lowest BCUT2D eigenvalue weighted by molar-refractivity contribution is 0.391. The molecule has 3 fully saturated rings. The highest BCUT2D eigenvalue weighted by atomic mass is 15.3. The molecule has 0 saturated heterocycles. The van der Waals surface area contributed by atoms with Crippen molar-refractivity contribution in [1.29, 1.82) is 0 Å². The molecule has 0 amide bonds. The van der Waals surface area contributed by atoms with Crippen LogP contribution in [-0.4, -0.2) is 41.1 Å². The highest BCUT2D eigenvalue weighted by Gasteiger charge is 2.32. The number of aromatic nitrogens is 3. The predicted octanol–water partition coefficient (Wildman–Crippen LogP) is 2.73. The van der Waals surface area contributed by atoms with Crippen LogP contribution < -0.4 is 9.80 Å². The number of rotatable bonds is 5. The lowest BCUT2D eigenvalue weighted by Gasteiger charge is -2.37. The fourth-order valence-electron chi connectivity index (χ4n) is 3.08. The first kappa shape index (κ1) is 13.3. The molecule has 5 heteroatoms. The minimum absolute atomic E-state index is 0.579. The van der Waals surface area contributed by atoms with Crippen LogP contribution in [0.5, 0.6) is 0 Å². The van der Waals surface area contributed by atoms with Crippen molar-refractivity contribution in [2.75, 3.05) is 23.9 Å². The maximum Gasteiger partial charge on any atom is 0.230 e. The van der Waals surface area contributed by atoms with Crippen LogP contribution in [-0.2, 0) is 0 Å². The summed E-state index contributed by atoms with van der Waals surface area (Å²) in [6.45, 7) is 0. The van der Waals surface area contributed by atoms with Crippen LogP contribution in [0.3, 0.4) is 0 Å². The molecule has 5 nitrogen and oxygen atoms in total. The van der Waals surface area contributed by atoms with E-state index in [0.29, 0.717) is 18.0 Å². The van der Waals surface area contributed by atoms with E-state index in [2.05, 4.69) is 23.9 Å². The van der Waals surface area contributed by atoms with Crippen LogP contribution in [0.4, 0.5) is 11.9 Å². The lowest BCUT2D eigenvalue weighted by atomic mass is 9.92.